The Bertz CT molecular complexity index is 739. The molecule has 2 aromatic carbocycles. The second-order valence-corrected chi connectivity index (χ2v) is 4.61. The molecule has 1 aliphatic heterocycles. The van der Waals surface area contributed by atoms with Crippen molar-refractivity contribution in [2.75, 3.05) is 0 Å². The van der Waals surface area contributed by atoms with Crippen LogP contribution in [0.3, 0.4) is 0 Å². The summed E-state index contributed by atoms with van der Waals surface area (Å²) in [7, 11) is 0. The van der Waals surface area contributed by atoms with Crippen LogP contribution >= 0.6 is 0 Å². The molecule has 0 bridgehead atoms. The normalized spacial score (nSPS) is 15.8. The molecule has 3 nitrogen and oxygen atoms in total. The van der Waals surface area contributed by atoms with Crippen LogP contribution in [0.4, 0.5) is 0 Å². The molecular weight excluding hydrogens is 238 g/mol. The lowest BCUT2D eigenvalue weighted by Crippen LogP contribution is -2.30. The number of carbonyl (C=O) groups is 2. The van der Waals surface area contributed by atoms with Gasteiger partial charge in [0.05, 0.1) is 16.8 Å². The molecule has 0 saturated heterocycles. The molecule has 1 heterocycles. The predicted molar refractivity (Wildman–Crippen MR) is 71.3 cm³/mol. The second-order valence-electron chi connectivity index (χ2n) is 4.61. The lowest BCUT2D eigenvalue weighted by Gasteiger charge is -2.26. The summed E-state index contributed by atoms with van der Waals surface area (Å²) in [5.41, 5.74) is 3.68. The Kier molecular flexibility index (Phi) is 1.85. The maximum Gasteiger partial charge on any atom is 0.266 e. The van der Waals surface area contributed by atoms with Crippen LogP contribution in [0, 0.1) is 0 Å². The Morgan fingerprint density at radius 2 is 1.21 bits per heavy atom. The fourth-order valence-corrected chi connectivity index (χ4v) is 2.60. The lowest BCUT2D eigenvalue weighted by atomic mass is 9.93. The van der Waals surface area contributed by atoms with E-state index in [9.17, 15) is 9.59 Å². The first-order valence-corrected chi connectivity index (χ1v) is 6.06. The van der Waals surface area contributed by atoms with E-state index in [-0.39, 0.29) is 11.8 Å². The Labute approximate surface area is 109 Å². The van der Waals surface area contributed by atoms with E-state index in [1.54, 1.807) is 24.3 Å². The van der Waals surface area contributed by atoms with Crippen LogP contribution in [0.15, 0.2) is 48.5 Å². The minimum atomic E-state index is -0.235. The van der Waals surface area contributed by atoms with E-state index in [2.05, 4.69) is 0 Å². The summed E-state index contributed by atoms with van der Waals surface area (Å²) in [6.07, 6.45) is 1.87. The van der Waals surface area contributed by atoms with Crippen molar-refractivity contribution in [1.82, 2.24) is 4.90 Å². The highest BCUT2D eigenvalue weighted by atomic mass is 16.2. The molecule has 0 spiro atoms. The van der Waals surface area contributed by atoms with E-state index in [0.717, 1.165) is 11.1 Å². The molecule has 0 atom stereocenters. The number of rotatable bonds is 1. The van der Waals surface area contributed by atoms with Gasteiger partial charge in [-0.25, -0.2) is 4.90 Å². The van der Waals surface area contributed by atoms with E-state index in [1.165, 1.54) is 4.90 Å². The zero-order valence-electron chi connectivity index (χ0n) is 9.96. The molecule has 0 unspecified atom stereocenters. The zero-order valence-corrected chi connectivity index (χ0v) is 9.96. The van der Waals surface area contributed by atoms with Gasteiger partial charge < -0.3 is 0 Å². The Hall–Kier alpha value is -2.68. The quantitative estimate of drug-likeness (QED) is 0.727. The van der Waals surface area contributed by atoms with Crippen molar-refractivity contribution in [2.45, 2.75) is 0 Å². The highest BCUT2D eigenvalue weighted by molar-refractivity contribution is 6.27. The fraction of sp³-hybridized carbons (Fsp3) is 0. The third-order valence-corrected chi connectivity index (χ3v) is 3.56. The minimum Gasteiger partial charge on any atom is -0.268 e. The van der Waals surface area contributed by atoms with Crippen LogP contribution in [0.1, 0.15) is 31.8 Å². The van der Waals surface area contributed by atoms with Gasteiger partial charge in [-0.3, -0.25) is 9.59 Å². The van der Waals surface area contributed by atoms with Gasteiger partial charge in [0, 0.05) is 5.56 Å². The Morgan fingerprint density at radius 3 is 1.79 bits per heavy atom. The standard InChI is InChI=1S/C16H9NO2/c18-15-12-7-3-4-8-13(12)16(19)17(15)14-9-10-5-1-2-6-11(10)14/h1-9H. The number of imide groups is 1. The summed E-state index contributed by atoms with van der Waals surface area (Å²) in [5.74, 6) is -0.470. The number of benzene rings is 2. The maximum atomic E-state index is 12.3. The van der Waals surface area contributed by atoms with Crippen LogP contribution in [0.5, 0.6) is 0 Å². The molecule has 2 amide bonds. The van der Waals surface area contributed by atoms with E-state index < -0.39 is 0 Å². The van der Waals surface area contributed by atoms with Crippen LogP contribution in [0.2, 0.25) is 0 Å². The smallest absolute Gasteiger partial charge is 0.266 e. The van der Waals surface area contributed by atoms with Crippen molar-refractivity contribution in [1.29, 1.82) is 0 Å². The molecule has 0 fully saturated rings. The Morgan fingerprint density at radius 1 is 0.684 bits per heavy atom. The molecule has 1 aliphatic carbocycles. The Balaban J connectivity index is 1.81. The van der Waals surface area contributed by atoms with Crippen LogP contribution in [-0.4, -0.2) is 16.7 Å². The molecule has 2 aliphatic rings. The third kappa shape index (κ3) is 1.21. The lowest BCUT2D eigenvalue weighted by molar-refractivity contribution is 0.0736. The van der Waals surface area contributed by atoms with Gasteiger partial charge in [0.2, 0.25) is 0 Å². The summed E-state index contributed by atoms with van der Waals surface area (Å²) in [6, 6.07) is 14.7. The first-order valence-electron chi connectivity index (χ1n) is 6.06. The van der Waals surface area contributed by atoms with Gasteiger partial charge in [-0.2, -0.15) is 0 Å². The minimum absolute atomic E-state index is 0.235. The van der Waals surface area contributed by atoms with Gasteiger partial charge in [-0.15, -0.1) is 0 Å². The molecule has 4 rings (SSSR count). The highest BCUT2D eigenvalue weighted by Crippen LogP contribution is 2.39. The first-order chi connectivity index (χ1) is 9.27. The van der Waals surface area contributed by atoms with E-state index in [0.29, 0.717) is 16.8 Å². The average molecular weight is 247 g/mol. The fourth-order valence-electron chi connectivity index (χ4n) is 2.60. The van der Waals surface area contributed by atoms with Gasteiger partial charge in [0.1, 0.15) is 0 Å². The van der Waals surface area contributed by atoms with Crippen molar-refractivity contribution in [3.63, 3.8) is 0 Å². The van der Waals surface area contributed by atoms with Crippen LogP contribution in [0.25, 0.3) is 11.8 Å². The SMILES string of the molecule is O=C1c2ccccc2C(=O)N1C1=Cc2ccccc21. The first kappa shape index (κ1) is 10.3. The van der Waals surface area contributed by atoms with Crippen molar-refractivity contribution >= 4 is 23.6 Å². The molecule has 0 radical (unpaired) electrons. The summed E-state index contributed by atoms with van der Waals surface area (Å²) >= 11 is 0. The molecule has 19 heavy (non-hydrogen) atoms. The van der Waals surface area contributed by atoms with Crippen molar-refractivity contribution < 1.29 is 9.59 Å². The molecule has 2 aromatic rings. The van der Waals surface area contributed by atoms with Crippen molar-refractivity contribution in [3.8, 4) is 0 Å². The number of fused-ring (bicyclic) bond motifs is 2. The predicted octanol–water partition coefficient (Wildman–Crippen LogP) is 2.79. The van der Waals surface area contributed by atoms with Crippen LogP contribution in [-0.2, 0) is 0 Å². The molecule has 3 heteroatoms. The van der Waals surface area contributed by atoms with E-state index >= 15 is 0 Å². The number of carbonyl (C=O) groups excluding carboxylic acids is 2. The highest BCUT2D eigenvalue weighted by Gasteiger charge is 2.39. The average Bonchev–Trinajstić information content (AvgIpc) is 2.66. The number of nitrogens with zero attached hydrogens (tertiary/aromatic N) is 1. The number of hydrogen-bond donors (Lipinski definition) is 0. The molecule has 90 valence electrons. The monoisotopic (exact) mass is 247 g/mol. The molecule has 0 aromatic heterocycles. The molecule has 0 saturated carbocycles. The van der Waals surface area contributed by atoms with Crippen molar-refractivity contribution in [3.05, 3.63) is 70.8 Å². The number of amides is 2. The van der Waals surface area contributed by atoms with Gasteiger partial charge in [0.25, 0.3) is 11.8 Å². The molecular formula is C16H9NO2. The van der Waals surface area contributed by atoms with E-state index in [1.807, 2.05) is 30.3 Å². The summed E-state index contributed by atoms with van der Waals surface area (Å²) in [6.45, 7) is 0. The summed E-state index contributed by atoms with van der Waals surface area (Å²) in [4.78, 5) is 25.9. The zero-order chi connectivity index (χ0) is 13.0. The second kappa shape index (κ2) is 3.42. The van der Waals surface area contributed by atoms with Gasteiger partial charge in [-0.1, -0.05) is 36.4 Å². The van der Waals surface area contributed by atoms with Gasteiger partial charge in [-0.05, 0) is 23.8 Å². The summed E-state index contributed by atoms with van der Waals surface area (Å²) < 4.78 is 0. The largest absolute Gasteiger partial charge is 0.268 e. The number of hydrogen-bond acceptors (Lipinski definition) is 2. The summed E-state index contributed by atoms with van der Waals surface area (Å²) in [5, 5.41) is 0. The molecule has 0 N–H and O–H groups in total. The van der Waals surface area contributed by atoms with Crippen LogP contribution < -0.4 is 0 Å². The van der Waals surface area contributed by atoms with Gasteiger partial charge in [0.15, 0.2) is 0 Å². The van der Waals surface area contributed by atoms with Crippen molar-refractivity contribution in [2.24, 2.45) is 0 Å². The topological polar surface area (TPSA) is 37.4 Å². The van der Waals surface area contributed by atoms with Gasteiger partial charge >= 0.3 is 0 Å². The maximum absolute atomic E-state index is 12.3. The third-order valence-electron chi connectivity index (χ3n) is 3.56. The van der Waals surface area contributed by atoms with E-state index in [4.69, 9.17) is 0 Å².